The predicted molar refractivity (Wildman–Crippen MR) is 94.4 cm³/mol. The molecule has 0 fully saturated rings. The van der Waals surface area contributed by atoms with Crippen LogP contribution >= 0.6 is 0 Å². The number of rotatable bonds is 8. The highest BCUT2D eigenvalue weighted by Crippen LogP contribution is 2.27. The summed E-state index contributed by atoms with van der Waals surface area (Å²) >= 11 is 0. The molecule has 0 saturated carbocycles. The lowest BCUT2D eigenvalue weighted by atomic mass is 10.3. The molecule has 0 spiro atoms. The summed E-state index contributed by atoms with van der Waals surface area (Å²) in [5.74, 6) is -0.499. The van der Waals surface area contributed by atoms with Gasteiger partial charge in [-0.15, -0.1) is 0 Å². The molecule has 0 heterocycles. The Hall–Kier alpha value is -2.65. The lowest BCUT2D eigenvalue weighted by molar-refractivity contribution is -0.114. The first-order valence-corrected chi connectivity index (χ1v) is 9.14. The van der Waals surface area contributed by atoms with Gasteiger partial charge in [-0.1, -0.05) is 12.1 Å². The van der Waals surface area contributed by atoms with Crippen LogP contribution < -0.4 is 19.5 Å². The SMILES string of the molecule is COc1ccc(S(=O)(=O)NCCOc2ccccc2F)cc1NC(C)=O. The van der Waals surface area contributed by atoms with Crippen molar-refractivity contribution in [3.63, 3.8) is 0 Å². The Morgan fingerprint density at radius 3 is 2.54 bits per heavy atom. The monoisotopic (exact) mass is 382 g/mol. The number of halogens is 1. The fraction of sp³-hybridized carbons (Fsp3) is 0.235. The quantitative estimate of drug-likeness (QED) is 0.683. The second-order valence-corrected chi connectivity index (χ2v) is 6.99. The van der Waals surface area contributed by atoms with Crippen LogP contribution in [0.1, 0.15) is 6.92 Å². The average molecular weight is 382 g/mol. The average Bonchev–Trinajstić information content (AvgIpc) is 2.59. The first-order valence-electron chi connectivity index (χ1n) is 7.66. The number of hydrogen-bond acceptors (Lipinski definition) is 5. The van der Waals surface area contributed by atoms with Gasteiger partial charge in [0.25, 0.3) is 0 Å². The molecule has 0 radical (unpaired) electrons. The van der Waals surface area contributed by atoms with E-state index in [0.717, 1.165) is 0 Å². The molecule has 0 aliphatic carbocycles. The van der Waals surface area contributed by atoms with Crippen LogP contribution in [0.2, 0.25) is 0 Å². The van der Waals surface area contributed by atoms with Crippen LogP contribution in [-0.4, -0.2) is 34.6 Å². The smallest absolute Gasteiger partial charge is 0.240 e. The van der Waals surface area contributed by atoms with Crippen LogP contribution in [0.4, 0.5) is 10.1 Å². The van der Waals surface area contributed by atoms with E-state index in [1.807, 2.05) is 0 Å². The summed E-state index contributed by atoms with van der Waals surface area (Å²) in [5, 5.41) is 2.51. The third kappa shape index (κ3) is 5.17. The number of hydrogen-bond donors (Lipinski definition) is 2. The van der Waals surface area contributed by atoms with Crippen molar-refractivity contribution in [3.05, 3.63) is 48.3 Å². The van der Waals surface area contributed by atoms with Gasteiger partial charge in [-0.05, 0) is 30.3 Å². The summed E-state index contributed by atoms with van der Waals surface area (Å²) < 4.78 is 50.8. The van der Waals surface area contributed by atoms with Crippen molar-refractivity contribution in [1.29, 1.82) is 0 Å². The topological polar surface area (TPSA) is 93.7 Å². The second-order valence-electron chi connectivity index (χ2n) is 5.22. The maximum Gasteiger partial charge on any atom is 0.240 e. The normalized spacial score (nSPS) is 11.0. The molecule has 9 heteroatoms. The van der Waals surface area contributed by atoms with Crippen molar-refractivity contribution < 1.29 is 27.1 Å². The van der Waals surface area contributed by atoms with E-state index in [1.54, 1.807) is 6.07 Å². The maximum atomic E-state index is 13.4. The number of sulfonamides is 1. The number of amides is 1. The number of carbonyl (C=O) groups excluding carboxylic acids is 1. The Morgan fingerprint density at radius 2 is 1.88 bits per heavy atom. The zero-order valence-electron chi connectivity index (χ0n) is 14.3. The fourth-order valence-electron chi connectivity index (χ4n) is 2.12. The predicted octanol–water partition coefficient (Wildman–Crippen LogP) is 2.15. The number of carbonyl (C=O) groups is 1. The van der Waals surface area contributed by atoms with Gasteiger partial charge in [-0.2, -0.15) is 0 Å². The molecule has 0 aliphatic rings. The molecule has 0 atom stereocenters. The van der Waals surface area contributed by atoms with E-state index in [0.29, 0.717) is 5.75 Å². The number of methoxy groups -OCH3 is 1. The molecule has 2 aromatic carbocycles. The van der Waals surface area contributed by atoms with Crippen molar-refractivity contribution in [2.24, 2.45) is 0 Å². The summed E-state index contributed by atoms with van der Waals surface area (Å²) in [6.07, 6.45) is 0. The third-order valence-corrected chi connectivity index (χ3v) is 4.74. The Balaban J connectivity index is 2.03. The highest BCUT2D eigenvalue weighted by molar-refractivity contribution is 7.89. The summed E-state index contributed by atoms with van der Waals surface area (Å²) in [5.41, 5.74) is 0.241. The molecule has 2 rings (SSSR count). The van der Waals surface area contributed by atoms with E-state index in [1.165, 1.54) is 50.4 Å². The van der Waals surface area contributed by atoms with E-state index in [-0.39, 0.29) is 35.4 Å². The summed E-state index contributed by atoms with van der Waals surface area (Å²) in [6, 6.07) is 9.93. The largest absolute Gasteiger partial charge is 0.495 e. The molecule has 2 aromatic rings. The fourth-order valence-corrected chi connectivity index (χ4v) is 3.16. The third-order valence-electron chi connectivity index (χ3n) is 3.28. The molecule has 26 heavy (non-hydrogen) atoms. The molecule has 0 unspecified atom stereocenters. The van der Waals surface area contributed by atoms with Gasteiger partial charge in [0.05, 0.1) is 17.7 Å². The van der Waals surface area contributed by atoms with Crippen LogP contribution in [0.5, 0.6) is 11.5 Å². The summed E-state index contributed by atoms with van der Waals surface area (Å²) in [7, 11) is -2.43. The summed E-state index contributed by atoms with van der Waals surface area (Å²) in [6.45, 7) is 1.20. The molecule has 0 aromatic heterocycles. The standard InChI is InChI=1S/C17H19FN2O5S/c1-12(21)20-15-11-13(7-8-17(15)24-2)26(22,23)19-9-10-25-16-6-4-3-5-14(16)18/h3-8,11,19H,9-10H2,1-2H3,(H,20,21). The van der Waals surface area contributed by atoms with Gasteiger partial charge in [0.1, 0.15) is 12.4 Å². The number of nitrogens with one attached hydrogen (secondary N) is 2. The molecule has 0 bridgehead atoms. The Labute approximate surface area is 151 Å². The van der Waals surface area contributed by atoms with Crippen LogP contribution in [0, 0.1) is 5.82 Å². The minimum atomic E-state index is -3.84. The van der Waals surface area contributed by atoms with Crippen molar-refractivity contribution >= 4 is 21.6 Å². The van der Waals surface area contributed by atoms with Gasteiger partial charge >= 0.3 is 0 Å². The lowest BCUT2D eigenvalue weighted by Gasteiger charge is -2.12. The van der Waals surface area contributed by atoms with Gasteiger partial charge in [-0.3, -0.25) is 4.79 Å². The second kappa shape index (κ2) is 8.63. The maximum absolute atomic E-state index is 13.4. The van der Waals surface area contributed by atoms with E-state index in [2.05, 4.69) is 10.0 Å². The zero-order valence-corrected chi connectivity index (χ0v) is 15.1. The number of para-hydroxylation sites is 1. The van der Waals surface area contributed by atoms with Crippen LogP contribution in [0.25, 0.3) is 0 Å². The van der Waals surface area contributed by atoms with E-state index < -0.39 is 15.8 Å². The number of ether oxygens (including phenoxy) is 2. The number of benzene rings is 2. The molecule has 2 N–H and O–H groups in total. The molecule has 140 valence electrons. The minimum Gasteiger partial charge on any atom is -0.495 e. The van der Waals surface area contributed by atoms with Crippen LogP contribution in [0.15, 0.2) is 47.4 Å². The highest BCUT2D eigenvalue weighted by atomic mass is 32.2. The first-order chi connectivity index (χ1) is 12.3. The zero-order chi connectivity index (χ0) is 19.2. The molecule has 0 aliphatic heterocycles. The first kappa shape index (κ1) is 19.7. The Kier molecular flexibility index (Phi) is 6.53. The van der Waals surface area contributed by atoms with Gasteiger partial charge in [0, 0.05) is 13.5 Å². The molecule has 0 saturated heterocycles. The minimum absolute atomic E-state index is 0.0455. The summed E-state index contributed by atoms with van der Waals surface area (Å²) in [4.78, 5) is 11.2. The molecular weight excluding hydrogens is 363 g/mol. The van der Waals surface area contributed by atoms with Gasteiger partial charge < -0.3 is 14.8 Å². The van der Waals surface area contributed by atoms with Gasteiger partial charge in [0.15, 0.2) is 11.6 Å². The van der Waals surface area contributed by atoms with E-state index in [9.17, 15) is 17.6 Å². The van der Waals surface area contributed by atoms with Crippen molar-refractivity contribution in [2.75, 3.05) is 25.6 Å². The molecule has 1 amide bonds. The van der Waals surface area contributed by atoms with Crippen molar-refractivity contribution in [3.8, 4) is 11.5 Å². The molecule has 7 nitrogen and oxygen atoms in total. The Bertz CT molecular complexity index is 886. The van der Waals surface area contributed by atoms with Crippen molar-refractivity contribution in [1.82, 2.24) is 4.72 Å². The molecular formula is C17H19FN2O5S. The number of anilines is 1. The van der Waals surface area contributed by atoms with Crippen LogP contribution in [-0.2, 0) is 14.8 Å². The van der Waals surface area contributed by atoms with Gasteiger partial charge in [0.2, 0.25) is 15.9 Å². The lowest BCUT2D eigenvalue weighted by Crippen LogP contribution is -2.28. The highest BCUT2D eigenvalue weighted by Gasteiger charge is 2.17. The van der Waals surface area contributed by atoms with E-state index in [4.69, 9.17) is 9.47 Å². The van der Waals surface area contributed by atoms with E-state index >= 15 is 0 Å². The van der Waals surface area contributed by atoms with Crippen molar-refractivity contribution in [2.45, 2.75) is 11.8 Å². The van der Waals surface area contributed by atoms with Crippen LogP contribution in [0.3, 0.4) is 0 Å². The Morgan fingerprint density at radius 1 is 1.15 bits per heavy atom. The van der Waals surface area contributed by atoms with Gasteiger partial charge in [-0.25, -0.2) is 17.5 Å².